The molecule has 1 atom stereocenters. The summed E-state index contributed by atoms with van der Waals surface area (Å²) in [6.45, 7) is 2.13. The standard InChI is InChI=1S/C11H15FN2O2/c1-7(11(13)15)6-14-8-3-4-9(12)10(5-8)16-2/h3-5,7,14H,6H2,1-2H3,(H2,13,15). The summed E-state index contributed by atoms with van der Waals surface area (Å²) in [5.74, 6) is -0.912. The zero-order valence-electron chi connectivity index (χ0n) is 9.29. The Labute approximate surface area is 93.6 Å². The maximum absolute atomic E-state index is 13.1. The lowest BCUT2D eigenvalue weighted by molar-refractivity contribution is -0.120. The van der Waals surface area contributed by atoms with Crippen molar-refractivity contribution in [2.45, 2.75) is 6.92 Å². The molecule has 0 fully saturated rings. The molecule has 0 saturated carbocycles. The van der Waals surface area contributed by atoms with Gasteiger partial charge < -0.3 is 15.8 Å². The number of nitrogens with two attached hydrogens (primary N) is 1. The molecule has 0 radical (unpaired) electrons. The van der Waals surface area contributed by atoms with Gasteiger partial charge in [-0.25, -0.2) is 4.39 Å². The predicted molar refractivity (Wildman–Crippen MR) is 59.8 cm³/mol. The second-order valence-electron chi connectivity index (χ2n) is 3.53. The maximum atomic E-state index is 13.1. The van der Waals surface area contributed by atoms with E-state index >= 15 is 0 Å². The van der Waals surface area contributed by atoms with Crippen molar-refractivity contribution in [1.29, 1.82) is 0 Å². The molecule has 0 aliphatic carbocycles. The van der Waals surface area contributed by atoms with E-state index in [1.807, 2.05) is 0 Å². The molecule has 0 aromatic heterocycles. The SMILES string of the molecule is COc1cc(NCC(C)C(N)=O)ccc1F. The van der Waals surface area contributed by atoms with Crippen LogP contribution in [0.4, 0.5) is 10.1 Å². The van der Waals surface area contributed by atoms with Crippen molar-refractivity contribution in [3.05, 3.63) is 24.0 Å². The van der Waals surface area contributed by atoms with E-state index in [9.17, 15) is 9.18 Å². The highest BCUT2D eigenvalue weighted by Crippen LogP contribution is 2.21. The van der Waals surface area contributed by atoms with Gasteiger partial charge in [0.05, 0.1) is 13.0 Å². The molecule has 0 bridgehead atoms. The molecule has 5 heteroatoms. The van der Waals surface area contributed by atoms with E-state index in [-0.39, 0.29) is 17.6 Å². The van der Waals surface area contributed by atoms with Crippen molar-refractivity contribution in [2.75, 3.05) is 19.0 Å². The van der Waals surface area contributed by atoms with Crippen molar-refractivity contribution < 1.29 is 13.9 Å². The van der Waals surface area contributed by atoms with Crippen LogP contribution in [0.15, 0.2) is 18.2 Å². The van der Waals surface area contributed by atoms with Crippen molar-refractivity contribution in [3.8, 4) is 5.75 Å². The van der Waals surface area contributed by atoms with Gasteiger partial charge in [-0.15, -0.1) is 0 Å². The minimum Gasteiger partial charge on any atom is -0.494 e. The third-order valence-electron chi connectivity index (χ3n) is 2.25. The minimum atomic E-state index is -0.420. The molecular formula is C11H15FN2O2. The molecule has 0 aliphatic rings. The Bertz CT molecular complexity index is 382. The molecule has 4 nitrogen and oxygen atoms in total. The summed E-state index contributed by atoms with van der Waals surface area (Å²) in [5, 5.41) is 2.98. The molecule has 1 aromatic rings. The first kappa shape index (κ1) is 12.3. The van der Waals surface area contributed by atoms with Crippen LogP contribution < -0.4 is 15.8 Å². The number of amides is 1. The summed E-state index contributed by atoms with van der Waals surface area (Å²) >= 11 is 0. The molecule has 0 aliphatic heterocycles. The third kappa shape index (κ3) is 3.12. The maximum Gasteiger partial charge on any atom is 0.222 e. The molecule has 0 heterocycles. The van der Waals surface area contributed by atoms with Gasteiger partial charge in [0.25, 0.3) is 0 Å². The van der Waals surface area contributed by atoms with E-state index in [0.29, 0.717) is 12.2 Å². The van der Waals surface area contributed by atoms with E-state index in [2.05, 4.69) is 5.32 Å². The Balaban J connectivity index is 2.64. The Morgan fingerprint density at radius 1 is 1.62 bits per heavy atom. The first-order valence-corrected chi connectivity index (χ1v) is 4.91. The fourth-order valence-electron chi connectivity index (χ4n) is 1.14. The van der Waals surface area contributed by atoms with Gasteiger partial charge in [0, 0.05) is 18.3 Å². The van der Waals surface area contributed by atoms with Crippen LogP contribution >= 0.6 is 0 Å². The normalized spacial score (nSPS) is 11.9. The molecule has 0 saturated heterocycles. The van der Waals surface area contributed by atoms with E-state index in [0.717, 1.165) is 0 Å². The van der Waals surface area contributed by atoms with Crippen LogP contribution in [0.5, 0.6) is 5.75 Å². The van der Waals surface area contributed by atoms with Crippen LogP contribution in [0.3, 0.4) is 0 Å². The fourth-order valence-corrected chi connectivity index (χ4v) is 1.14. The Hall–Kier alpha value is -1.78. The molecule has 16 heavy (non-hydrogen) atoms. The zero-order chi connectivity index (χ0) is 12.1. The predicted octanol–water partition coefficient (Wildman–Crippen LogP) is 1.37. The van der Waals surface area contributed by atoms with Gasteiger partial charge in [0.2, 0.25) is 5.91 Å². The highest BCUT2D eigenvalue weighted by atomic mass is 19.1. The number of carbonyl (C=O) groups excluding carboxylic acids is 1. The third-order valence-corrected chi connectivity index (χ3v) is 2.25. The molecular weight excluding hydrogens is 211 g/mol. The number of ether oxygens (including phenoxy) is 1. The average Bonchev–Trinajstić information content (AvgIpc) is 2.27. The van der Waals surface area contributed by atoms with Gasteiger partial charge in [-0.05, 0) is 12.1 Å². The number of benzene rings is 1. The number of carbonyl (C=O) groups is 1. The van der Waals surface area contributed by atoms with E-state index in [4.69, 9.17) is 10.5 Å². The summed E-state index contributed by atoms with van der Waals surface area (Å²) in [7, 11) is 1.40. The van der Waals surface area contributed by atoms with Gasteiger partial charge in [-0.1, -0.05) is 6.92 Å². The van der Waals surface area contributed by atoms with Crippen LogP contribution in [-0.2, 0) is 4.79 Å². The monoisotopic (exact) mass is 226 g/mol. The molecule has 1 amide bonds. The molecule has 3 N–H and O–H groups in total. The smallest absolute Gasteiger partial charge is 0.222 e. The average molecular weight is 226 g/mol. The summed E-state index contributed by atoms with van der Waals surface area (Å²) in [4.78, 5) is 10.8. The van der Waals surface area contributed by atoms with Crippen molar-refractivity contribution in [3.63, 3.8) is 0 Å². The van der Waals surface area contributed by atoms with E-state index < -0.39 is 5.82 Å². The van der Waals surface area contributed by atoms with Crippen LogP contribution in [0.25, 0.3) is 0 Å². The second kappa shape index (κ2) is 5.34. The summed E-state index contributed by atoms with van der Waals surface area (Å²) in [5.41, 5.74) is 5.80. The lowest BCUT2D eigenvalue weighted by Gasteiger charge is -2.11. The molecule has 0 spiro atoms. The number of halogens is 1. The minimum absolute atomic E-state index is 0.164. The van der Waals surface area contributed by atoms with Gasteiger partial charge in [-0.2, -0.15) is 0 Å². The fraction of sp³-hybridized carbons (Fsp3) is 0.364. The van der Waals surface area contributed by atoms with E-state index in [1.165, 1.54) is 19.2 Å². The van der Waals surface area contributed by atoms with Crippen LogP contribution in [0.2, 0.25) is 0 Å². The summed E-state index contributed by atoms with van der Waals surface area (Å²) < 4.78 is 17.9. The molecule has 1 unspecified atom stereocenters. The van der Waals surface area contributed by atoms with Crippen molar-refractivity contribution in [1.82, 2.24) is 0 Å². The first-order valence-electron chi connectivity index (χ1n) is 4.91. The number of primary amides is 1. The number of nitrogens with one attached hydrogen (secondary N) is 1. The van der Waals surface area contributed by atoms with Crippen LogP contribution in [0, 0.1) is 11.7 Å². The van der Waals surface area contributed by atoms with Crippen LogP contribution in [0.1, 0.15) is 6.92 Å². The van der Waals surface area contributed by atoms with Gasteiger partial charge in [0.1, 0.15) is 0 Å². The Kier molecular flexibility index (Phi) is 4.10. The lowest BCUT2D eigenvalue weighted by atomic mass is 10.1. The summed E-state index contributed by atoms with van der Waals surface area (Å²) in [6.07, 6.45) is 0. The zero-order valence-corrected chi connectivity index (χ0v) is 9.29. The van der Waals surface area contributed by atoms with Gasteiger partial charge in [-0.3, -0.25) is 4.79 Å². The van der Waals surface area contributed by atoms with Crippen LogP contribution in [-0.4, -0.2) is 19.6 Å². The quantitative estimate of drug-likeness (QED) is 0.797. The Morgan fingerprint density at radius 3 is 2.88 bits per heavy atom. The number of hydrogen-bond acceptors (Lipinski definition) is 3. The van der Waals surface area contributed by atoms with Gasteiger partial charge in [0.15, 0.2) is 11.6 Å². The highest BCUT2D eigenvalue weighted by molar-refractivity contribution is 5.76. The largest absolute Gasteiger partial charge is 0.494 e. The second-order valence-corrected chi connectivity index (χ2v) is 3.53. The van der Waals surface area contributed by atoms with Crippen molar-refractivity contribution >= 4 is 11.6 Å². The summed E-state index contributed by atoms with van der Waals surface area (Å²) in [6, 6.07) is 4.41. The lowest BCUT2D eigenvalue weighted by Crippen LogP contribution is -2.26. The number of hydrogen-bond donors (Lipinski definition) is 2. The topological polar surface area (TPSA) is 64.3 Å². The number of methoxy groups -OCH3 is 1. The first-order chi connectivity index (χ1) is 7.54. The number of rotatable bonds is 5. The molecule has 88 valence electrons. The molecule has 1 aromatic carbocycles. The van der Waals surface area contributed by atoms with E-state index in [1.54, 1.807) is 13.0 Å². The number of anilines is 1. The van der Waals surface area contributed by atoms with Crippen molar-refractivity contribution in [2.24, 2.45) is 11.7 Å². The molecule has 1 rings (SSSR count). The Morgan fingerprint density at radius 2 is 2.31 bits per heavy atom. The highest BCUT2D eigenvalue weighted by Gasteiger charge is 2.09. The van der Waals surface area contributed by atoms with Gasteiger partial charge >= 0.3 is 0 Å².